The molecule has 0 radical (unpaired) electrons. The van der Waals surface area contributed by atoms with Gasteiger partial charge in [-0.1, -0.05) is 19.9 Å². The molecule has 2 aliphatic heterocycles. The predicted molar refractivity (Wildman–Crippen MR) is 142 cm³/mol. The van der Waals surface area contributed by atoms with Crippen LogP contribution >= 0.6 is 0 Å². The lowest BCUT2D eigenvalue weighted by atomic mass is 9.53. The van der Waals surface area contributed by atoms with Gasteiger partial charge in [0, 0.05) is 23.8 Å². The molecule has 8 heteroatoms. The molecule has 3 aliphatic rings. The van der Waals surface area contributed by atoms with Crippen molar-refractivity contribution in [3.05, 3.63) is 28.8 Å². The molecular formula is C30H42O8. The Kier molecular flexibility index (Phi) is 7.15. The molecule has 4 rings (SSSR count). The standard InChI is InChI=1S/C30H42O8/c1-9-15(2)25(36-17(4)31)16(3)18-14-19(32)22-24(34)27-29(7)12-10-20(28(5,6)35)37-21(29)11-13-30(27,8)38-26(22)23(18)33/h9,14,16,20-21,25,27,32-33,35H,10-13H2,1-8H3/b15-9+/t16-,20+,21+,25+,27+,29-,30+/m0/s1. The van der Waals surface area contributed by atoms with E-state index in [4.69, 9.17) is 14.2 Å². The lowest BCUT2D eigenvalue weighted by Gasteiger charge is -2.59. The number of benzene rings is 1. The molecule has 0 unspecified atom stereocenters. The molecule has 210 valence electrons. The highest BCUT2D eigenvalue weighted by Gasteiger charge is 2.63. The maximum absolute atomic E-state index is 14.1. The number of ketones is 1. The molecular weight excluding hydrogens is 488 g/mol. The Balaban J connectivity index is 1.76. The van der Waals surface area contributed by atoms with Crippen LogP contribution in [0, 0.1) is 11.3 Å². The molecule has 8 nitrogen and oxygen atoms in total. The van der Waals surface area contributed by atoms with Crippen LogP contribution in [0.15, 0.2) is 17.7 Å². The van der Waals surface area contributed by atoms with Gasteiger partial charge in [0.15, 0.2) is 17.3 Å². The normalized spacial score (nSPS) is 32.8. The Morgan fingerprint density at radius 1 is 1.21 bits per heavy atom. The van der Waals surface area contributed by atoms with Gasteiger partial charge in [-0.05, 0) is 71.9 Å². The highest BCUT2D eigenvalue weighted by atomic mass is 16.5. The van der Waals surface area contributed by atoms with Crippen LogP contribution in [0.25, 0.3) is 0 Å². The molecule has 38 heavy (non-hydrogen) atoms. The predicted octanol–water partition coefficient (Wildman–Crippen LogP) is 5.17. The van der Waals surface area contributed by atoms with Crippen LogP contribution < -0.4 is 4.74 Å². The fraction of sp³-hybridized carbons (Fsp3) is 0.667. The number of phenolic OH excluding ortho intramolecular Hbond substituents is 2. The molecule has 0 spiro atoms. The van der Waals surface area contributed by atoms with Gasteiger partial charge >= 0.3 is 5.97 Å². The van der Waals surface area contributed by atoms with Gasteiger partial charge in [-0.25, -0.2) is 0 Å². The van der Waals surface area contributed by atoms with E-state index in [0.29, 0.717) is 31.2 Å². The first-order valence-electron chi connectivity index (χ1n) is 13.5. The number of rotatable bonds is 5. The second-order valence-corrected chi connectivity index (χ2v) is 12.5. The molecule has 1 saturated carbocycles. The number of hydrogen-bond acceptors (Lipinski definition) is 8. The van der Waals surface area contributed by atoms with E-state index in [2.05, 4.69) is 0 Å². The average Bonchev–Trinajstić information content (AvgIpc) is 2.81. The summed E-state index contributed by atoms with van der Waals surface area (Å²) in [7, 11) is 0. The molecule has 1 aromatic rings. The van der Waals surface area contributed by atoms with Gasteiger partial charge in [-0.3, -0.25) is 9.59 Å². The lowest BCUT2D eigenvalue weighted by molar-refractivity contribution is -0.227. The molecule has 0 bridgehead atoms. The molecule has 1 aromatic carbocycles. The van der Waals surface area contributed by atoms with Crippen molar-refractivity contribution in [2.45, 2.75) is 117 Å². The number of hydrogen-bond donors (Lipinski definition) is 3. The minimum absolute atomic E-state index is 0.0246. The van der Waals surface area contributed by atoms with E-state index in [0.717, 1.165) is 5.57 Å². The number of fused-ring (bicyclic) bond motifs is 4. The second kappa shape index (κ2) is 9.56. The first-order chi connectivity index (χ1) is 17.5. The first-order valence-corrected chi connectivity index (χ1v) is 13.5. The van der Waals surface area contributed by atoms with Crippen molar-refractivity contribution < 1.29 is 39.1 Å². The molecule has 2 fully saturated rings. The van der Waals surface area contributed by atoms with E-state index in [1.54, 1.807) is 20.8 Å². The minimum atomic E-state index is -0.992. The SMILES string of the molecule is C/C=C(\C)[C@@H](OC(C)=O)[C@@H](C)c1cc(O)c2c(c1O)O[C@]1(C)CC[C@H]3O[C@@H](C(C)(C)O)CC[C@]3(C)[C@H]1C2=O. The molecule has 0 aromatic heterocycles. The van der Waals surface area contributed by atoms with Crippen molar-refractivity contribution in [2.24, 2.45) is 11.3 Å². The zero-order valence-electron chi connectivity index (χ0n) is 23.8. The highest BCUT2D eigenvalue weighted by molar-refractivity contribution is 6.06. The van der Waals surface area contributed by atoms with Crippen molar-refractivity contribution >= 4 is 11.8 Å². The molecule has 1 aliphatic carbocycles. The zero-order valence-corrected chi connectivity index (χ0v) is 23.8. The van der Waals surface area contributed by atoms with Crippen LogP contribution in [-0.4, -0.2) is 56.6 Å². The summed E-state index contributed by atoms with van der Waals surface area (Å²) in [6, 6.07) is 1.38. The number of phenols is 2. The lowest BCUT2D eigenvalue weighted by Crippen LogP contribution is -2.65. The fourth-order valence-corrected chi connectivity index (χ4v) is 7.03. The summed E-state index contributed by atoms with van der Waals surface area (Å²) in [6.45, 7) is 14.2. The summed E-state index contributed by atoms with van der Waals surface area (Å²) in [6.07, 6.45) is 2.99. The Hall–Kier alpha value is -2.58. The van der Waals surface area contributed by atoms with E-state index < -0.39 is 40.5 Å². The van der Waals surface area contributed by atoms with Crippen molar-refractivity contribution in [3.8, 4) is 17.2 Å². The topological polar surface area (TPSA) is 123 Å². The zero-order chi connectivity index (χ0) is 28.4. The fourth-order valence-electron chi connectivity index (χ4n) is 7.03. The quantitative estimate of drug-likeness (QED) is 0.271. The Morgan fingerprint density at radius 2 is 1.87 bits per heavy atom. The smallest absolute Gasteiger partial charge is 0.303 e. The van der Waals surface area contributed by atoms with E-state index >= 15 is 0 Å². The van der Waals surface area contributed by atoms with E-state index in [1.807, 2.05) is 33.8 Å². The molecule has 3 N–H and O–H groups in total. The van der Waals surface area contributed by atoms with Crippen LogP contribution in [0.1, 0.15) is 103 Å². The van der Waals surface area contributed by atoms with E-state index in [9.17, 15) is 24.9 Å². The summed E-state index contributed by atoms with van der Waals surface area (Å²) in [5.41, 5.74) is -1.38. The van der Waals surface area contributed by atoms with E-state index in [1.165, 1.54) is 13.0 Å². The third kappa shape index (κ3) is 4.49. The Labute approximate surface area is 225 Å². The van der Waals surface area contributed by atoms with Crippen LogP contribution in [-0.2, 0) is 14.3 Å². The molecule has 7 atom stereocenters. The van der Waals surface area contributed by atoms with Crippen molar-refractivity contribution in [1.82, 2.24) is 0 Å². The van der Waals surface area contributed by atoms with Gasteiger partial charge in [0.05, 0.1) is 23.7 Å². The van der Waals surface area contributed by atoms with Gasteiger partial charge in [0.25, 0.3) is 0 Å². The monoisotopic (exact) mass is 530 g/mol. The van der Waals surface area contributed by atoms with Crippen LogP contribution in [0.2, 0.25) is 0 Å². The van der Waals surface area contributed by atoms with Gasteiger partial charge in [0.1, 0.15) is 23.0 Å². The molecule has 1 saturated heterocycles. The number of carbonyl (C=O) groups is 2. The number of carbonyl (C=O) groups excluding carboxylic acids is 2. The number of allylic oxidation sites excluding steroid dienone is 1. The molecule has 2 heterocycles. The highest BCUT2D eigenvalue weighted by Crippen LogP contribution is 2.60. The molecule has 0 amide bonds. The number of Topliss-reactive ketones (excluding diaryl/α,β-unsaturated/α-hetero) is 1. The van der Waals surface area contributed by atoms with Crippen molar-refractivity contribution in [2.75, 3.05) is 0 Å². The number of aromatic hydroxyl groups is 2. The minimum Gasteiger partial charge on any atom is -0.507 e. The Morgan fingerprint density at radius 3 is 2.45 bits per heavy atom. The summed E-state index contributed by atoms with van der Waals surface area (Å²) in [5.74, 6) is -2.39. The van der Waals surface area contributed by atoms with E-state index in [-0.39, 0.29) is 40.8 Å². The largest absolute Gasteiger partial charge is 0.507 e. The number of aliphatic hydroxyl groups is 1. The third-order valence-corrected chi connectivity index (χ3v) is 9.22. The van der Waals surface area contributed by atoms with Crippen LogP contribution in [0.3, 0.4) is 0 Å². The summed E-state index contributed by atoms with van der Waals surface area (Å²) < 4.78 is 18.4. The second-order valence-electron chi connectivity index (χ2n) is 12.5. The average molecular weight is 531 g/mol. The third-order valence-electron chi connectivity index (χ3n) is 9.22. The maximum Gasteiger partial charge on any atom is 0.303 e. The first kappa shape index (κ1) is 28.4. The van der Waals surface area contributed by atoms with Crippen molar-refractivity contribution in [1.29, 1.82) is 0 Å². The van der Waals surface area contributed by atoms with Gasteiger partial charge in [0.2, 0.25) is 0 Å². The number of esters is 1. The van der Waals surface area contributed by atoms with Gasteiger partial charge in [-0.15, -0.1) is 0 Å². The number of ether oxygens (including phenoxy) is 3. The Bertz CT molecular complexity index is 1160. The van der Waals surface area contributed by atoms with Crippen LogP contribution in [0.5, 0.6) is 17.2 Å². The van der Waals surface area contributed by atoms with Crippen LogP contribution in [0.4, 0.5) is 0 Å². The summed E-state index contributed by atoms with van der Waals surface area (Å²) in [5, 5.41) is 33.1. The summed E-state index contributed by atoms with van der Waals surface area (Å²) in [4.78, 5) is 26.0. The maximum atomic E-state index is 14.1. The summed E-state index contributed by atoms with van der Waals surface area (Å²) >= 11 is 0. The van der Waals surface area contributed by atoms with Crippen molar-refractivity contribution in [3.63, 3.8) is 0 Å². The van der Waals surface area contributed by atoms with Gasteiger partial charge in [-0.2, -0.15) is 0 Å². The van der Waals surface area contributed by atoms with Gasteiger partial charge < -0.3 is 29.5 Å².